The highest BCUT2D eigenvalue weighted by atomic mass is 35.5. The molecule has 1 aromatic heterocycles. The van der Waals surface area contributed by atoms with Crippen molar-refractivity contribution < 1.29 is 9.53 Å². The lowest BCUT2D eigenvalue weighted by molar-refractivity contribution is 0.0758. The van der Waals surface area contributed by atoms with Crippen molar-refractivity contribution in [1.29, 1.82) is 0 Å². The quantitative estimate of drug-likeness (QED) is 0.816. The van der Waals surface area contributed by atoms with E-state index in [9.17, 15) is 4.79 Å². The third kappa shape index (κ3) is 5.37. The third-order valence-corrected chi connectivity index (χ3v) is 5.52. The number of carbonyl (C=O) groups is 1. The van der Waals surface area contributed by atoms with Crippen LogP contribution in [0.1, 0.15) is 28.9 Å². The van der Waals surface area contributed by atoms with E-state index < -0.39 is 0 Å². The number of halogens is 2. The van der Waals surface area contributed by atoms with Gasteiger partial charge in [0.15, 0.2) is 0 Å². The van der Waals surface area contributed by atoms with Crippen LogP contribution in [0.3, 0.4) is 0 Å². The summed E-state index contributed by atoms with van der Waals surface area (Å²) in [6, 6.07) is 13.2. The van der Waals surface area contributed by atoms with E-state index in [1.54, 1.807) is 6.20 Å². The maximum atomic E-state index is 12.8. The van der Waals surface area contributed by atoms with Crippen molar-refractivity contribution in [3.63, 3.8) is 0 Å². The minimum atomic E-state index is 0. The molecule has 0 spiro atoms. The van der Waals surface area contributed by atoms with Gasteiger partial charge in [0, 0.05) is 24.8 Å². The van der Waals surface area contributed by atoms with Crippen molar-refractivity contribution >= 4 is 30.7 Å². The van der Waals surface area contributed by atoms with E-state index in [2.05, 4.69) is 10.3 Å². The zero-order valence-corrected chi connectivity index (χ0v) is 17.4. The summed E-state index contributed by atoms with van der Waals surface area (Å²) in [4.78, 5) is 19.1. The lowest BCUT2D eigenvalue weighted by atomic mass is 9.92. The third-order valence-electron chi connectivity index (χ3n) is 5.52. The molecular formula is C21H27Cl2N3O2. The van der Waals surface area contributed by atoms with Crippen LogP contribution >= 0.6 is 24.8 Å². The zero-order valence-electron chi connectivity index (χ0n) is 15.8. The fourth-order valence-corrected chi connectivity index (χ4v) is 3.94. The maximum Gasteiger partial charge on any atom is 0.253 e. The molecule has 7 heteroatoms. The molecule has 28 heavy (non-hydrogen) atoms. The first kappa shape index (κ1) is 22.5. The van der Waals surface area contributed by atoms with Crippen molar-refractivity contribution in [3.8, 4) is 5.75 Å². The van der Waals surface area contributed by atoms with Gasteiger partial charge in [0.05, 0.1) is 5.69 Å². The first-order valence-corrected chi connectivity index (χ1v) is 9.42. The van der Waals surface area contributed by atoms with E-state index in [1.807, 2.05) is 47.4 Å². The molecule has 0 saturated carbocycles. The van der Waals surface area contributed by atoms with Crippen LogP contribution < -0.4 is 10.1 Å². The Balaban J connectivity index is 0.00000140. The molecule has 2 fully saturated rings. The standard InChI is InChI=1S/C21H25N3O2.2ClH/c25-21(24-11-8-17-13-22-14-18(17)9-12-24)16-4-6-20(7-5-16)26-15-19-3-1-2-10-23-19;;/h1-7,10,17-18,22H,8-9,11-15H2;2*1H/t17-,18+;;. The highest BCUT2D eigenvalue weighted by molar-refractivity contribution is 5.94. The molecule has 2 saturated heterocycles. The first-order chi connectivity index (χ1) is 12.8. The molecule has 4 rings (SSSR count). The van der Waals surface area contributed by atoms with E-state index in [-0.39, 0.29) is 30.7 Å². The van der Waals surface area contributed by atoms with Crippen molar-refractivity contribution in [2.75, 3.05) is 26.2 Å². The number of ether oxygens (including phenoxy) is 1. The van der Waals surface area contributed by atoms with E-state index in [1.165, 1.54) is 0 Å². The zero-order chi connectivity index (χ0) is 17.8. The molecular weight excluding hydrogens is 397 g/mol. The molecule has 1 amide bonds. The highest BCUT2D eigenvalue weighted by Gasteiger charge is 2.31. The second-order valence-corrected chi connectivity index (χ2v) is 7.18. The highest BCUT2D eigenvalue weighted by Crippen LogP contribution is 2.27. The average Bonchev–Trinajstić information content (AvgIpc) is 3.05. The Labute approximate surface area is 178 Å². The van der Waals surface area contributed by atoms with Gasteiger partial charge in [0.1, 0.15) is 12.4 Å². The Kier molecular flexibility index (Phi) is 8.55. The molecule has 0 aliphatic carbocycles. The van der Waals surface area contributed by atoms with Crippen LogP contribution in [0.2, 0.25) is 0 Å². The van der Waals surface area contributed by atoms with Gasteiger partial charge in [-0.1, -0.05) is 6.07 Å². The number of rotatable bonds is 4. The number of fused-ring (bicyclic) bond motifs is 1. The number of amides is 1. The van der Waals surface area contributed by atoms with Crippen LogP contribution in [-0.2, 0) is 6.61 Å². The SMILES string of the molecule is Cl.Cl.O=C(c1ccc(OCc2ccccn2)cc1)N1CC[C@@H]2CNC[C@@H]2CC1. The Morgan fingerprint density at radius 1 is 1.04 bits per heavy atom. The van der Waals surface area contributed by atoms with E-state index >= 15 is 0 Å². The number of nitrogens with zero attached hydrogens (tertiary/aromatic N) is 2. The Morgan fingerprint density at radius 3 is 2.32 bits per heavy atom. The fourth-order valence-electron chi connectivity index (χ4n) is 3.94. The van der Waals surface area contributed by atoms with E-state index in [4.69, 9.17) is 4.74 Å². The van der Waals surface area contributed by atoms with Gasteiger partial charge in [-0.15, -0.1) is 24.8 Å². The maximum absolute atomic E-state index is 12.8. The van der Waals surface area contributed by atoms with Crippen LogP contribution in [0, 0.1) is 11.8 Å². The number of likely N-dealkylation sites (tertiary alicyclic amines) is 1. The monoisotopic (exact) mass is 423 g/mol. The minimum absolute atomic E-state index is 0. The number of hydrogen-bond acceptors (Lipinski definition) is 4. The molecule has 2 aliphatic rings. The summed E-state index contributed by atoms with van der Waals surface area (Å²) in [6.45, 7) is 4.36. The number of aromatic nitrogens is 1. The molecule has 2 aromatic rings. The number of carbonyl (C=O) groups excluding carboxylic acids is 1. The van der Waals surface area contributed by atoms with Crippen LogP contribution in [0.4, 0.5) is 0 Å². The van der Waals surface area contributed by atoms with Gasteiger partial charge < -0.3 is 15.0 Å². The molecule has 0 radical (unpaired) electrons. The molecule has 0 bridgehead atoms. The van der Waals surface area contributed by atoms with E-state index in [0.717, 1.165) is 67.9 Å². The van der Waals surface area contributed by atoms with Crippen LogP contribution in [0.25, 0.3) is 0 Å². The predicted molar refractivity (Wildman–Crippen MR) is 114 cm³/mol. The number of hydrogen-bond donors (Lipinski definition) is 1. The largest absolute Gasteiger partial charge is 0.487 e. The van der Waals surface area contributed by atoms with Gasteiger partial charge >= 0.3 is 0 Å². The molecule has 152 valence electrons. The van der Waals surface area contributed by atoms with Crippen LogP contribution in [0.15, 0.2) is 48.7 Å². The number of pyridine rings is 1. The van der Waals surface area contributed by atoms with Crippen molar-refractivity contribution in [2.45, 2.75) is 19.4 Å². The van der Waals surface area contributed by atoms with Gasteiger partial charge in [-0.05, 0) is 74.2 Å². The topological polar surface area (TPSA) is 54.5 Å². The van der Waals surface area contributed by atoms with Gasteiger partial charge in [0.2, 0.25) is 0 Å². The second-order valence-electron chi connectivity index (χ2n) is 7.18. The Morgan fingerprint density at radius 2 is 1.71 bits per heavy atom. The number of nitrogens with one attached hydrogen (secondary N) is 1. The average molecular weight is 424 g/mol. The normalized spacial score (nSPS) is 20.9. The molecule has 2 atom stereocenters. The first-order valence-electron chi connectivity index (χ1n) is 9.42. The second kappa shape index (κ2) is 10.6. The van der Waals surface area contributed by atoms with Crippen LogP contribution in [0.5, 0.6) is 5.75 Å². The molecule has 0 unspecified atom stereocenters. The van der Waals surface area contributed by atoms with E-state index in [0.29, 0.717) is 6.61 Å². The molecule has 1 N–H and O–H groups in total. The lowest BCUT2D eigenvalue weighted by Crippen LogP contribution is -2.32. The van der Waals surface area contributed by atoms with Gasteiger partial charge in [-0.25, -0.2) is 0 Å². The Hall–Kier alpha value is -1.82. The molecule has 5 nitrogen and oxygen atoms in total. The van der Waals surface area contributed by atoms with Crippen molar-refractivity contribution in [1.82, 2.24) is 15.2 Å². The Bertz CT molecular complexity index is 729. The predicted octanol–water partition coefficient (Wildman–Crippen LogP) is 3.58. The van der Waals surface area contributed by atoms with Crippen LogP contribution in [-0.4, -0.2) is 42.0 Å². The number of benzene rings is 1. The van der Waals surface area contributed by atoms with Gasteiger partial charge in [0.25, 0.3) is 5.91 Å². The molecule has 1 aromatic carbocycles. The summed E-state index contributed by atoms with van der Waals surface area (Å²) in [7, 11) is 0. The summed E-state index contributed by atoms with van der Waals surface area (Å²) in [6.07, 6.45) is 3.97. The summed E-state index contributed by atoms with van der Waals surface area (Å²) >= 11 is 0. The lowest BCUT2D eigenvalue weighted by Gasteiger charge is -2.21. The summed E-state index contributed by atoms with van der Waals surface area (Å²) < 4.78 is 5.75. The smallest absolute Gasteiger partial charge is 0.253 e. The summed E-state index contributed by atoms with van der Waals surface area (Å²) in [5, 5.41) is 3.48. The van der Waals surface area contributed by atoms with Crippen molar-refractivity contribution in [3.05, 3.63) is 59.9 Å². The summed E-state index contributed by atoms with van der Waals surface area (Å²) in [5.41, 5.74) is 1.62. The van der Waals surface area contributed by atoms with Gasteiger partial charge in [-0.2, -0.15) is 0 Å². The molecule has 3 heterocycles. The fraction of sp³-hybridized carbons (Fsp3) is 0.429. The van der Waals surface area contributed by atoms with Crippen molar-refractivity contribution in [2.24, 2.45) is 11.8 Å². The summed E-state index contributed by atoms with van der Waals surface area (Å²) in [5.74, 6) is 2.35. The minimum Gasteiger partial charge on any atom is -0.487 e. The molecule has 2 aliphatic heterocycles. The van der Waals surface area contributed by atoms with Gasteiger partial charge in [-0.3, -0.25) is 9.78 Å².